The summed E-state index contributed by atoms with van der Waals surface area (Å²) in [5.74, 6) is 0.324. The van der Waals surface area contributed by atoms with Crippen LogP contribution in [0.1, 0.15) is 11.1 Å². The van der Waals surface area contributed by atoms with E-state index < -0.39 is 0 Å². The van der Waals surface area contributed by atoms with Crippen LogP contribution in [0.3, 0.4) is 0 Å². The molecule has 3 aromatic carbocycles. The maximum atomic E-state index is 12.7. The zero-order chi connectivity index (χ0) is 22.1. The first-order chi connectivity index (χ1) is 15.6. The van der Waals surface area contributed by atoms with E-state index in [1.165, 1.54) is 0 Å². The lowest BCUT2D eigenvalue weighted by Crippen LogP contribution is -2.38. The summed E-state index contributed by atoms with van der Waals surface area (Å²) in [7, 11) is 0. The minimum atomic E-state index is -0.144. The molecule has 32 heavy (non-hydrogen) atoms. The van der Waals surface area contributed by atoms with Gasteiger partial charge in [-0.3, -0.25) is 9.59 Å². The van der Waals surface area contributed by atoms with Crippen molar-refractivity contribution in [2.45, 2.75) is 13.0 Å². The van der Waals surface area contributed by atoms with Gasteiger partial charge in [0.25, 0.3) is 5.91 Å². The molecule has 2 N–H and O–H groups in total. The number of aromatic nitrogens is 1. The first kappa shape index (κ1) is 20.2. The molecule has 0 saturated heterocycles. The van der Waals surface area contributed by atoms with Gasteiger partial charge in [0.1, 0.15) is 5.75 Å². The number of hydrogen-bond donors (Lipinski definition) is 2. The van der Waals surface area contributed by atoms with Crippen molar-refractivity contribution in [1.82, 2.24) is 4.98 Å². The van der Waals surface area contributed by atoms with Crippen LogP contribution >= 0.6 is 11.6 Å². The molecule has 0 fully saturated rings. The molecule has 0 saturated carbocycles. The molecular formula is C25H20ClN3O3. The molecule has 6 nitrogen and oxygen atoms in total. The number of aromatic amines is 1. The molecule has 4 aromatic rings. The summed E-state index contributed by atoms with van der Waals surface area (Å²) in [5.41, 5.74) is 4.11. The Balaban J connectivity index is 1.36. The van der Waals surface area contributed by atoms with E-state index in [-0.39, 0.29) is 24.8 Å². The summed E-state index contributed by atoms with van der Waals surface area (Å²) in [4.78, 5) is 30.1. The van der Waals surface area contributed by atoms with Crippen LogP contribution in [-0.2, 0) is 22.6 Å². The minimum absolute atomic E-state index is 0.0210. The number of hydrogen-bond acceptors (Lipinski definition) is 3. The van der Waals surface area contributed by atoms with Crippen molar-refractivity contribution in [3.8, 4) is 5.75 Å². The lowest BCUT2D eigenvalue weighted by Gasteiger charge is -2.30. The van der Waals surface area contributed by atoms with Gasteiger partial charge in [0.2, 0.25) is 5.91 Å². The average molecular weight is 446 g/mol. The van der Waals surface area contributed by atoms with E-state index in [1.54, 1.807) is 35.2 Å². The van der Waals surface area contributed by atoms with Gasteiger partial charge in [-0.15, -0.1) is 0 Å². The molecule has 5 rings (SSSR count). The zero-order valence-electron chi connectivity index (χ0n) is 17.1. The highest BCUT2D eigenvalue weighted by molar-refractivity contribution is 6.30. The van der Waals surface area contributed by atoms with Gasteiger partial charge >= 0.3 is 0 Å². The number of rotatable bonds is 5. The smallest absolute Gasteiger partial charge is 0.265 e. The zero-order valence-corrected chi connectivity index (χ0v) is 17.9. The second-order valence-corrected chi connectivity index (χ2v) is 8.10. The summed E-state index contributed by atoms with van der Waals surface area (Å²) >= 11 is 5.97. The van der Waals surface area contributed by atoms with Crippen molar-refractivity contribution in [2.75, 3.05) is 16.8 Å². The van der Waals surface area contributed by atoms with Crippen LogP contribution in [0.4, 0.5) is 11.4 Å². The summed E-state index contributed by atoms with van der Waals surface area (Å²) in [6.45, 7) is 0.367. The van der Waals surface area contributed by atoms with Gasteiger partial charge in [-0.25, -0.2) is 0 Å². The highest BCUT2D eigenvalue weighted by atomic mass is 35.5. The fourth-order valence-electron chi connectivity index (χ4n) is 3.88. The van der Waals surface area contributed by atoms with Gasteiger partial charge in [-0.2, -0.15) is 0 Å². The Kier molecular flexibility index (Phi) is 5.29. The van der Waals surface area contributed by atoms with E-state index in [2.05, 4.69) is 10.3 Å². The summed E-state index contributed by atoms with van der Waals surface area (Å²) in [6.07, 6.45) is 2.10. The number of amides is 2. The van der Waals surface area contributed by atoms with Gasteiger partial charge in [0.05, 0.1) is 18.7 Å². The third kappa shape index (κ3) is 4.05. The summed E-state index contributed by atoms with van der Waals surface area (Å²) in [6, 6.07) is 20.6. The molecule has 7 heteroatoms. The van der Waals surface area contributed by atoms with E-state index in [0.29, 0.717) is 28.7 Å². The third-order valence-electron chi connectivity index (χ3n) is 5.47. The first-order valence-electron chi connectivity index (χ1n) is 10.2. The van der Waals surface area contributed by atoms with Crippen molar-refractivity contribution in [1.29, 1.82) is 0 Å². The van der Waals surface area contributed by atoms with Crippen LogP contribution in [0.15, 0.2) is 72.9 Å². The van der Waals surface area contributed by atoms with Gasteiger partial charge in [0.15, 0.2) is 6.61 Å². The predicted octanol–water partition coefficient (Wildman–Crippen LogP) is 4.93. The van der Waals surface area contributed by atoms with Crippen LogP contribution in [0.25, 0.3) is 10.9 Å². The summed E-state index contributed by atoms with van der Waals surface area (Å²) < 4.78 is 5.59. The molecule has 0 bridgehead atoms. The van der Waals surface area contributed by atoms with Crippen LogP contribution in [-0.4, -0.2) is 23.4 Å². The molecule has 2 amide bonds. The number of anilines is 2. The van der Waals surface area contributed by atoms with E-state index in [4.69, 9.17) is 16.3 Å². The summed E-state index contributed by atoms with van der Waals surface area (Å²) in [5, 5.41) is 4.61. The van der Waals surface area contributed by atoms with Crippen molar-refractivity contribution in [3.05, 3.63) is 89.1 Å². The Hall–Kier alpha value is -3.77. The van der Waals surface area contributed by atoms with E-state index in [0.717, 1.165) is 22.0 Å². The van der Waals surface area contributed by atoms with E-state index >= 15 is 0 Å². The third-order valence-corrected chi connectivity index (χ3v) is 5.72. The lowest BCUT2D eigenvalue weighted by atomic mass is 10.1. The minimum Gasteiger partial charge on any atom is -0.482 e. The molecule has 0 radical (unpaired) electrons. The van der Waals surface area contributed by atoms with Crippen molar-refractivity contribution < 1.29 is 14.3 Å². The maximum Gasteiger partial charge on any atom is 0.265 e. The Morgan fingerprint density at radius 1 is 1.09 bits per heavy atom. The Bertz CT molecular complexity index is 1310. The van der Waals surface area contributed by atoms with Crippen molar-refractivity contribution in [3.63, 3.8) is 0 Å². The maximum absolute atomic E-state index is 12.7. The number of fused-ring (bicyclic) bond motifs is 2. The quantitative estimate of drug-likeness (QED) is 0.457. The van der Waals surface area contributed by atoms with E-state index in [1.807, 2.05) is 42.6 Å². The highest BCUT2D eigenvalue weighted by Gasteiger charge is 2.26. The highest BCUT2D eigenvalue weighted by Crippen LogP contribution is 2.35. The first-order valence-corrected chi connectivity index (χ1v) is 10.6. The number of halogens is 1. The van der Waals surface area contributed by atoms with Crippen molar-refractivity contribution in [2.24, 2.45) is 0 Å². The van der Waals surface area contributed by atoms with Gasteiger partial charge < -0.3 is 19.9 Å². The largest absolute Gasteiger partial charge is 0.482 e. The molecule has 0 aliphatic carbocycles. The molecule has 0 atom stereocenters. The predicted molar refractivity (Wildman–Crippen MR) is 125 cm³/mol. The number of ether oxygens (including phenoxy) is 1. The molecule has 1 aliphatic heterocycles. The fourth-order valence-corrected chi connectivity index (χ4v) is 4.01. The lowest BCUT2D eigenvalue weighted by molar-refractivity contribution is -0.121. The Labute approximate surface area is 189 Å². The van der Waals surface area contributed by atoms with Gasteiger partial charge in [-0.05, 0) is 47.5 Å². The van der Waals surface area contributed by atoms with Crippen molar-refractivity contribution >= 4 is 45.7 Å². The van der Waals surface area contributed by atoms with Crippen LogP contribution in [0.2, 0.25) is 5.02 Å². The molecular weight excluding hydrogens is 426 g/mol. The number of nitrogens with one attached hydrogen (secondary N) is 2. The molecule has 1 aliphatic rings. The number of carbonyl (C=O) groups is 2. The number of H-pyrrole nitrogens is 1. The number of para-hydroxylation sites is 1. The number of benzene rings is 3. The molecule has 160 valence electrons. The molecule has 0 spiro atoms. The van der Waals surface area contributed by atoms with E-state index in [9.17, 15) is 9.59 Å². The van der Waals surface area contributed by atoms with Crippen LogP contribution in [0, 0.1) is 0 Å². The second-order valence-electron chi connectivity index (χ2n) is 7.66. The standard InChI is InChI=1S/C25H20ClN3O3/c26-18-7-5-16(6-8-18)14-29-22-12-19(9-10-23(22)32-15-25(29)31)28-24(30)11-17-13-27-21-4-2-1-3-20(17)21/h1-10,12-13,27H,11,14-15H2,(H,28,30). The SMILES string of the molecule is O=C(Cc1c[nH]c2ccccc12)Nc1ccc2c(c1)N(Cc1ccc(Cl)cc1)C(=O)CO2. The number of carbonyl (C=O) groups excluding carboxylic acids is 2. The Morgan fingerprint density at radius 2 is 1.91 bits per heavy atom. The molecule has 1 aromatic heterocycles. The van der Waals surface area contributed by atoms with Gasteiger partial charge in [0, 0.05) is 27.8 Å². The van der Waals surface area contributed by atoms with Crippen LogP contribution in [0.5, 0.6) is 5.75 Å². The van der Waals surface area contributed by atoms with Gasteiger partial charge in [-0.1, -0.05) is 41.9 Å². The molecule has 0 unspecified atom stereocenters. The number of nitrogens with zero attached hydrogens (tertiary/aromatic N) is 1. The second kappa shape index (κ2) is 8.40. The average Bonchev–Trinajstić information content (AvgIpc) is 3.20. The molecule has 2 heterocycles. The monoisotopic (exact) mass is 445 g/mol. The fraction of sp³-hybridized carbons (Fsp3) is 0.120. The normalized spacial score (nSPS) is 13.0. The Morgan fingerprint density at radius 3 is 2.75 bits per heavy atom. The topological polar surface area (TPSA) is 74.4 Å². The van der Waals surface area contributed by atoms with Crippen LogP contribution < -0.4 is 15.0 Å².